The van der Waals surface area contributed by atoms with E-state index in [0.717, 1.165) is 38.9 Å². The van der Waals surface area contributed by atoms with Crippen LogP contribution in [0.3, 0.4) is 0 Å². The van der Waals surface area contributed by atoms with Crippen LogP contribution in [-0.2, 0) is 9.47 Å². The van der Waals surface area contributed by atoms with E-state index in [-0.39, 0.29) is 11.5 Å². The second kappa shape index (κ2) is 4.37. The van der Waals surface area contributed by atoms with E-state index in [2.05, 4.69) is 5.16 Å². The number of nitrogens with two attached hydrogens (primary N) is 1. The summed E-state index contributed by atoms with van der Waals surface area (Å²) in [6.45, 7) is 2.20. The predicted molar refractivity (Wildman–Crippen MR) is 54.9 cm³/mol. The molecule has 0 amide bonds. The van der Waals surface area contributed by atoms with Crippen LogP contribution in [0.1, 0.15) is 25.7 Å². The smallest absolute Gasteiger partial charge is 0.142 e. The van der Waals surface area contributed by atoms with Gasteiger partial charge in [0.25, 0.3) is 0 Å². The summed E-state index contributed by atoms with van der Waals surface area (Å²) in [5.41, 5.74) is 5.56. The molecule has 2 aliphatic heterocycles. The van der Waals surface area contributed by atoms with Crippen molar-refractivity contribution in [1.82, 2.24) is 0 Å². The second-order valence-electron chi connectivity index (χ2n) is 4.36. The molecule has 1 unspecified atom stereocenters. The summed E-state index contributed by atoms with van der Waals surface area (Å²) in [4.78, 5) is 0. The average Bonchev–Trinajstić information content (AvgIpc) is 2.29. The fraction of sp³-hybridized carbons (Fsp3) is 0.900. The van der Waals surface area contributed by atoms with Crippen LogP contribution in [0.5, 0.6) is 0 Å². The molecule has 2 rings (SSSR count). The van der Waals surface area contributed by atoms with Gasteiger partial charge >= 0.3 is 0 Å². The number of ether oxygens (including phenoxy) is 2. The Hall–Kier alpha value is -0.810. The Morgan fingerprint density at radius 3 is 2.73 bits per heavy atom. The van der Waals surface area contributed by atoms with Crippen molar-refractivity contribution in [3.8, 4) is 0 Å². The van der Waals surface area contributed by atoms with E-state index >= 15 is 0 Å². The molecule has 0 aromatic rings. The standard InChI is InChI=1S/C10H18N2O3/c11-9(12-13)8-1-4-15-10(7-8)2-5-14-6-3-10/h8,13H,1-7H2,(H2,11,12). The summed E-state index contributed by atoms with van der Waals surface area (Å²) in [6.07, 6.45) is 3.54. The van der Waals surface area contributed by atoms with Gasteiger partial charge in [-0.15, -0.1) is 0 Å². The molecule has 2 aliphatic rings. The summed E-state index contributed by atoms with van der Waals surface area (Å²) < 4.78 is 11.2. The van der Waals surface area contributed by atoms with Gasteiger partial charge in [0, 0.05) is 25.7 Å². The highest BCUT2D eigenvalue weighted by Gasteiger charge is 2.40. The quantitative estimate of drug-likeness (QED) is 0.292. The lowest BCUT2D eigenvalue weighted by Gasteiger charge is -2.42. The number of nitrogens with zero attached hydrogens (tertiary/aromatic N) is 1. The minimum absolute atomic E-state index is 0.0868. The Labute approximate surface area is 89.2 Å². The molecule has 5 nitrogen and oxygen atoms in total. The topological polar surface area (TPSA) is 77.1 Å². The van der Waals surface area contributed by atoms with Crippen LogP contribution in [0.4, 0.5) is 0 Å². The van der Waals surface area contributed by atoms with Crippen LogP contribution in [0.2, 0.25) is 0 Å². The van der Waals surface area contributed by atoms with E-state index in [9.17, 15) is 0 Å². The lowest BCUT2D eigenvalue weighted by atomic mass is 9.80. The van der Waals surface area contributed by atoms with Crippen molar-refractivity contribution in [3.05, 3.63) is 0 Å². The zero-order chi connectivity index (χ0) is 10.7. The molecule has 0 radical (unpaired) electrons. The Morgan fingerprint density at radius 1 is 1.33 bits per heavy atom. The lowest BCUT2D eigenvalue weighted by Crippen LogP contribution is -2.47. The summed E-state index contributed by atoms with van der Waals surface area (Å²) >= 11 is 0. The van der Waals surface area contributed by atoms with Gasteiger partial charge in [-0.05, 0) is 25.7 Å². The van der Waals surface area contributed by atoms with Gasteiger partial charge in [-0.2, -0.15) is 0 Å². The average molecular weight is 214 g/mol. The number of hydrogen-bond donors (Lipinski definition) is 2. The van der Waals surface area contributed by atoms with Crippen molar-refractivity contribution in [1.29, 1.82) is 0 Å². The third-order valence-electron chi connectivity index (χ3n) is 3.43. The highest BCUT2D eigenvalue weighted by atomic mass is 16.5. The SMILES string of the molecule is NC(=NO)C1CCOC2(CCOCC2)C1. The maximum absolute atomic E-state index is 8.67. The van der Waals surface area contributed by atoms with E-state index in [1.165, 1.54) is 0 Å². The molecule has 0 bridgehead atoms. The fourth-order valence-corrected chi connectivity index (χ4v) is 2.45. The van der Waals surface area contributed by atoms with Gasteiger partial charge in [0.1, 0.15) is 5.84 Å². The molecule has 1 atom stereocenters. The van der Waals surface area contributed by atoms with Crippen molar-refractivity contribution in [2.75, 3.05) is 19.8 Å². The first-order valence-electron chi connectivity index (χ1n) is 5.45. The minimum atomic E-state index is -0.0868. The van der Waals surface area contributed by atoms with Crippen LogP contribution in [-0.4, -0.2) is 36.5 Å². The second-order valence-corrected chi connectivity index (χ2v) is 4.36. The largest absolute Gasteiger partial charge is 0.409 e. The fourth-order valence-electron chi connectivity index (χ4n) is 2.45. The highest BCUT2D eigenvalue weighted by Crippen LogP contribution is 2.36. The van der Waals surface area contributed by atoms with Crippen LogP contribution in [0.25, 0.3) is 0 Å². The van der Waals surface area contributed by atoms with Gasteiger partial charge in [0.15, 0.2) is 0 Å². The van der Waals surface area contributed by atoms with E-state index in [0.29, 0.717) is 12.4 Å². The van der Waals surface area contributed by atoms with Crippen molar-refractivity contribution < 1.29 is 14.7 Å². The molecule has 86 valence electrons. The number of oxime groups is 1. The van der Waals surface area contributed by atoms with Gasteiger partial charge in [0.2, 0.25) is 0 Å². The third kappa shape index (κ3) is 2.23. The molecular weight excluding hydrogens is 196 g/mol. The molecule has 5 heteroatoms. The van der Waals surface area contributed by atoms with Crippen molar-refractivity contribution >= 4 is 5.84 Å². The molecule has 0 aromatic carbocycles. The first kappa shape index (κ1) is 10.7. The maximum atomic E-state index is 8.67. The molecule has 1 spiro atoms. The zero-order valence-electron chi connectivity index (χ0n) is 8.82. The summed E-state index contributed by atoms with van der Waals surface area (Å²) in [6, 6.07) is 0. The van der Waals surface area contributed by atoms with Gasteiger partial charge in [-0.1, -0.05) is 5.16 Å². The summed E-state index contributed by atoms with van der Waals surface area (Å²) in [5, 5.41) is 11.8. The number of amidine groups is 1. The van der Waals surface area contributed by atoms with E-state index in [1.54, 1.807) is 0 Å². The summed E-state index contributed by atoms with van der Waals surface area (Å²) in [5.74, 6) is 0.492. The van der Waals surface area contributed by atoms with Gasteiger partial charge < -0.3 is 20.4 Å². The Balaban J connectivity index is 2.02. The molecule has 0 aliphatic carbocycles. The predicted octanol–water partition coefficient (Wildman–Crippen LogP) is 0.709. The van der Waals surface area contributed by atoms with Gasteiger partial charge in [-0.25, -0.2) is 0 Å². The zero-order valence-corrected chi connectivity index (χ0v) is 8.82. The lowest BCUT2D eigenvalue weighted by molar-refractivity contribution is -0.140. The summed E-state index contributed by atoms with van der Waals surface area (Å²) in [7, 11) is 0. The van der Waals surface area contributed by atoms with Crippen LogP contribution < -0.4 is 5.73 Å². The van der Waals surface area contributed by atoms with Crippen molar-refractivity contribution in [2.45, 2.75) is 31.3 Å². The van der Waals surface area contributed by atoms with E-state index < -0.39 is 0 Å². The van der Waals surface area contributed by atoms with Gasteiger partial charge in [0.05, 0.1) is 5.60 Å². The monoisotopic (exact) mass is 214 g/mol. The Morgan fingerprint density at radius 2 is 2.07 bits per heavy atom. The van der Waals surface area contributed by atoms with Crippen LogP contribution in [0, 0.1) is 5.92 Å². The molecule has 15 heavy (non-hydrogen) atoms. The molecule has 0 aromatic heterocycles. The number of rotatable bonds is 1. The molecule has 0 saturated carbocycles. The molecule has 3 N–H and O–H groups in total. The van der Waals surface area contributed by atoms with Gasteiger partial charge in [-0.3, -0.25) is 0 Å². The molecular formula is C10H18N2O3. The van der Waals surface area contributed by atoms with Crippen LogP contribution in [0.15, 0.2) is 5.16 Å². The maximum Gasteiger partial charge on any atom is 0.142 e. The Kier molecular flexibility index (Phi) is 3.11. The van der Waals surface area contributed by atoms with Crippen molar-refractivity contribution in [3.63, 3.8) is 0 Å². The van der Waals surface area contributed by atoms with E-state index in [1.807, 2.05) is 0 Å². The molecule has 2 fully saturated rings. The van der Waals surface area contributed by atoms with Crippen LogP contribution >= 0.6 is 0 Å². The first-order valence-corrected chi connectivity index (χ1v) is 5.45. The molecule has 2 saturated heterocycles. The third-order valence-corrected chi connectivity index (χ3v) is 3.43. The Bertz CT molecular complexity index is 244. The first-order chi connectivity index (χ1) is 7.26. The van der Waals surface area contributed by atoms with Crippen molar-refractivity contribution in [2.24, 2.45) is 16.8 Å². The minimum Gasteiger partial charge on any atom is -0.409 e. The highest BCUT2D eigenvalue weighted by molar-refractivity contribution is 5.82. The van der Waals surface area contributed by atoms with E-state index in [4.69, 9.17) is 20.4 Å². The number of hydrogen-bond acceptors (Lipinski definition) is 4. The normalized spacial score (nSPS) is 31.7. The molecule has 2 heterocycles.